The van der Waals surface area contributed by atoms with Crippen molar-refractivity contribution in [2.45, 2.75) is 46.1 Å². The van der Waals surface area contributed by atoms with Gasteiger partial charge in [0.15, 0.2) is 0 Å². The smallest absolute Gasteiger partial charge is 0.133 e. The average molecular weight is 223 g/mol. The molecule has 0 aliphatic carbocycles. The van der Waals surface area contributed by atoms with Gasteiger partial charge in [-0.1, -0.05) is 13.8 Å². The second-order valence-electron chi connectivity index (χ2n) is 4.29. The Labute approximate surface area is 97.1 Å². The highest BCUT2D eigenvalue weighted by Gasteiger charge is 2.08. The molecule has 0 saturated carbocycles. The monoisotopic (exact) mass is 223 g/mol. The maximum absolute atomic E-state index is 9.20. The van der Waals surface area contributed by atoms with Crippen LogP contribution in [0.3, 0.4) is 0 Å². The zero-order valence-corrected chi connectivity index (χ0v) is 10.5. The van der Waals surface area contributed by atoms with Crippen LogP contribution in [0, 0.1) is 6.92 Å². The molecule has 2 N–H and O–H groups in total. The second kappa shape index (κ2) is 5.80. The highest BCUT2D eigenvalue weighted by molar-refractivity contribution is 5.36. The normalized spacial score (nSPS) is 14.6. The molecule has 2 atom stereocenters. The number of rotatable bonds is 5. The van der Waals surface area contributed by atoms with Gasteiger partial charge in [0.25, 0.3) is 0 Å². The highest BCUT2D eigenvalue weighted by Crippen LogP contribution is 2.17. The lowest BCUT2D eigenvalue weighted by atomic mass is 10.1. The highest BCUT2D eigenvalue weighted by atomic mass is 16.3. The van der Waals surface area contributed by atoms with Gasteiger partial charge in [-0.25, -0.2) is 9.97 Å². The lowest BCUT2D eigenvalue weighted by Gasteiger charge is -2.12. The number of aliphatic hydroxyl groups is 1. The third-order valence-corrected chi connectivity index (χ3v) is 2.50. The Morgan fingerprint density at radius 1 is 1.38 bits per heavy atom. The van der Waals surface area contributed by atoms with Gasteiger partial charge in [0, 0.05) is 24.2 Å². The summed E-state index contributed by atoms with van der Waals surface area (Å²) in [5, 5.41) is 12.3. The molecule has 0 aliphatic rings. The van der Waals surface area contributed by atoms with Gasteiger partial charge < -0.3 is 10.4 Å². The first-order chi connectivity index (χ1) is 7.52. The number of nitrogens with zero attached hydrogens (tertiary/aromatic N) is 2. The number of hydrogen-bond acceptors (Lipinski definition) is 4. The molecule has 0 aromatic carbocycles. The van der Waals surface area contributed by atoms with E-state index >= 15 is 0 Å². The minimum absolute atomic E-state index is 0.368. The van der Waals surface area contributed by atoms with Gasteiger partial charge in [0.1, 0.15) is 11.6 Å². The van der Waals surface area contributed by atoms with E-state index in [0.29, 0.717) is 12.5 Å². The molecule has 1 aromatic heterocycles. The molecule has 1 rings (SSSR count). The van der Waals surface area contributed by atoms with Gasteiger partial charge in [-0.05, 0) is 20.3 Å². The third kappa shape index (κ3) is 3.77. The zero-order valence-electron chi connectivity index (χ0n) is 10.5. The van der Waals surface area contributed by atoms with Gasteiger partial charge in [-0.2, -0.15) is 0 Å². The fourth-order valence-electron chi connectivity index (χ4n) is 1.34. The SMILES string of the molecule is CCC(C)c1nc(C)cc(NC[C@H](C)O)n1. The molecular formula is C12H21N3O. The van der Waals surface area contributed by atoms with Crippen molar-refractivity contribution in [3.63, 3.8) is 0 Å². The molecule has 0 fully saturated rings. The fraction of sp³-hybridized carbons (Fsp3) is 0.667. The molecule has 0 aliphatic heterocycles. The molecule has 0 saturated heterocycles. The lowest BCUT2D eigenvalue weighted by molar-refractivity contribution is 0.208. The van der Waals surface area contributed by atoms with Gasteiger partial charge >= 0.3 is 0 Å². The summed E-state index contributed by atoms with van der Waals surface area (Å²) in [6, 6.07) is 1.90. The molecule has 4 nitrogen and oxygen atoms in total. The van der Waals surface area contributed by atoms with E-state index in [1.807, 2.05) is 13.0 Å². The summed E-state index contributed by atoms with van der Waals surface area (Å²) in [5.41, 5.74) is 0.957. The third-order valence-electron chi connectivity index (χ3n) is 2.50. The van der Waals surface area contributed by atoms with E-state index in [4.69, 9.17) is 0 Å². The maximum atomic E-state index is 9.20. The summed E-state index contributed by atoms with van der Waals surface area (Å²) in [6.07, 6.45) is 0.654. The van der Waals surface area contributed by atoms with E-state index in [-0.39, 0.29) is 6.10 Å². The maximum Gasteiger partial charge on any atom is 0.133 e. The van der Waals surface area contributed by atoms with Crippen LogP contribution >= 0.6 is 0 Å². The van der Waals surface area contributed by atoms with E-state index in [1.165, 1.54) is 0 Å². The predicted molar refractivity (Wildman–Crippen MR) is 65.6 cm³/mol. The van der Waals surface area contributed by atoms with Crippen molar-refractivity contribution < 1.29 is 5.11 Å². The van der Waals surface area contributed by atoms with Crippen molar-refractivity contribution in [3.8, 4) is 0 Å². The first-order valence-electron chi connectivity index (χ1n) is 5.80. The Balaban J connectivity index is 2.81. The molecule has 0 radical (unpaired) electrons. The van der Waals surface area contributed by atoms with Crippen molar-refractivity contribution in [3.05, 3.63) is 17.6 Å². The molecule has 1 unspecified atom stereocenters. The van der Waals surface area contributed by atoms with Crippen molar-refractivity contribution in [1.29, 1.82) is 0 Å². The molecule has 0 amide bonds. The minimum Gasteiger partial charge on any atom is -0.392 e. The Kier molecular flexibility index (Phi) is 4.68. The van der Waals surface area contributed by atoms with Crippen LogP contribution in [0.25, 0.3) is 0 Å². The van der Waals surface area contributed by atoms with Crippen LogP contribution in [0.1, 0.15) is 44.6 Å². The van der Waals surface area contributed by atoms with Crippen molar-refractivity contribution in [2.24, 2.45) is 0 Å². The summed E-state index contributed by atoms with van der Waals surface area (Å²) in [4.78, 5) is 8.86. The zero-order chi connectivity index (χ0) is 12.1. The van der Waals surface area contributed by atoms with Gasteiger partial charge in [-0.15, -0.1) is 0 Å². The van der Waals surface area contributed by atoms with Gasteiger partial charge in [0.2, 0.25) is 0 Å². The number of hydrogen-bond donors (Lipinski definition) is 2. The van der Waals surface area contributed by atoms with E-state index in [2.05, 4.69) is 29.1 Å². The lowest BCUT2D eigenvalue weighted by Crippen LogP contribution is -2.17. The second-order valence-corrected chi connectivity index (χ2v) is 4.29. The Bertz CT molecular complexity index is 339. The molecule has 1 heterocycles. The molecule has 16 heavy (non-hydrogen) atoms. The largest absolute Gasteiger partial charge is 0.392 e. The van der Waals surface area contributed by atoms with Crippen molar-refractivity contribution >= 4 is 5.82 Å². The van der Waals surface area contributed by atoms with E-state index in [9.17, 15) is 5.11 Å². The van der Waals surface area contributed by atoms with Crippen molar-refractivity contribution in [1.82, 2.24) is 9.97 Å². The van der Waals surface area contributed by atoms with Gasteiger partial charge in [-0.3, -0.25) is 0 Å². The van der Waals surface area contributed by atoms with Crippen LogP contribution < -0.4 is 5.32 Å². The first kappa shape index (κ1) is 12.9. The topological polar surface area (TPSA) is 58.0 Å². The van der Waals surface area contributed by atoms with Crippen LogP contribution in [0.2, 0.25) is 0 Å². The molecule has 0 spiro atoms. The summed E-state index contributed by atoms with van der Waals surface area (Å²) in [5.74, 6) is 2.03. The number of aryl methyl sites for hydroxylation is 1. The van der Waals surface area contributed by atoms with E-state index < -0.39 is 0 Å². The average Bonchev–Trinajstić information content (AvgIpc) is 2.24. The summed E-state index contributed by atoms with van der Waals surface area (Å²) >= 11 is 0. The van der Waals surface area contributed by atoms with E-state index in [0.717, 1.165) is 23.8 Å². The Hall–Kier alpha value is -1.16. The van der Waals surface area contributed by atoms with Crippen LogP contribution in [-0.4, -0.2) is 27.7 Å². The number of anilines is 1. The Morgan fingerprint density at radius 3 is 2.62 bits per heavy atom. The minimum atomic E-state index is -0.373. The first-order valence-corrected chi connectivity index (χ1v) is 5.80. The molecule has 0 bridgehead atoms. The van der Waals surface area contributed by atoms with Crippen LogP contribution in [0.4, 0.5) is 5.82 Å². The molecular weight excluding hydrogens is 202 g/mol. The summed E-state index contributed by atoms with van der Waals surface area (Å²) in [7, 11) is 0. The van der Waals surface area contributed by atoms with Gasteiger partial charge in [0.05, 0.1) is 6.10 Å². The molecule has 90 valence electrons. The fourth-order valence-corrected chi connectivity index (χ4v) is 1.34. The summed E-state index contributed by atoms with van der Waals surface area (Å²) < 4.78 is 0. The predicted octanol–water partition coefficient (Wildman–Crippen LogP) is 2.09. The number of aliphatic hydroxyl groups excluding tert-OH is 1. The number of nitrogens with one attached hydrogen (secondary N) is 1. The van der Waals surface area contributed by atoms with Crippen LogP contribution in [0.15, 0.2) is 6.07 Å². The molecule has 1 aromatic rings. The van der Waals surface area contributed by atoms with Crippen LogP contribution in [0.5, 0.6) is 0 Å². The van der Waals surface area contributed by atoms with E-state index in [1.54, 1.807) is 6.92 Å². The standard InChI is InChI=1S/C12H21N3O/c1-5-8(2)12-14-9(3)6-11(15-12)13-7-10(4)16/h6,8,10,16H,5,7H2,1-4H3,(H,13,14,15)/t8?,10-/m0/s1. The Morgan fingerprint density at radius 2 is 2.06 bits per heavy atom. The molecule has 4 heteroatoms. The number of aromatic nitrogens is 2. The van der Waals surface area contributed by atoms with Crippen molar-refractivity contribution in [2.75, 3.05) is 11.9 Å². The quantitative estimate of drug-likeness (QED) is 0.802. The van der Waals surface area contributed by atoms with Crippen LogP contribution in [-0.2, 0) is 0 Å². The summed E-state index contributed by atoms with van der Waals surface area (Å²) in [6.45, 7) is 8.46.